The van der Waals surface area contributed by atoms with Crippen LogP contribution in [0.3, 0.4) is 0 Å². The standard InChI is InChI=1S/C34H30BrN3O5S/c1-5-41-26-13-11-23(12-14-26)31-30(33(40)43-20(2)3)21(4)37-34-38(31)32(39)29(44-34)17-22-10-15-28(27(35)16-22)42-19-25-9-7-6-8-24(25)18-36/h6-17,20,31H,5,19H2,1-4H3/b29-17+/t31-/m1/s1. The predicted molar refractivity (Wildman–Crippen MR) is 172 cm³/mol. The van der Waals surface area contributed by atoms with Crippen LogP contribution in [0, 0.1) is 11.3 Å². The number of benzene rings is 3. The molecule has 44 heavy (non-hydrogen) atoms. The second kappa shape index (κ2) is 13.5. The van der Waals surface area contributed by atoms with Crippen molar-refractivity contribution in [3.05, 3.63) is 124 Å². The Morgan fingerprint density at radius 3 is 2.57 bits per heavy atom. The fourth-order valence-corrected chi connectivity index (χ4v) is 6.43. The van der Waals surface area contributed by atoms with Crippen molar-refractivity contribution < 1.29 is 19.0 Å². The largest absolute Gasteiger partial charge is 0.494 e. The molecule has 3 aromatic carbocycles. The lowest BCUT2D eigenvalue weighted by Crippen LogP contribution is -2.40. The zero-order valence-electron chi connectivity index (χ0n) is 24.7. The van der Waals surface area contributed by atoms with Crippen LogP contribution in [0.1, 0.15) is 56.0 Å². The zero-order chi connectivity index (χ0) is 31.4. The fraction of sp³-hybridized carbons (Fsp3) is 0.235. The van der Waals surface area contributed by atoms with Crippen molar-refractivity contribution in [1.82, 2.24) is 4.57 Å². The van der Waals surface area contributed by atoms with Gasteiger partial charge in [0.1, 0.15) is 18.1 Å². The number of carbonyl (C=O) groups excluding carboxylic acids is 1. The minimum Gasteiger partial charge on any atom is -0.494 e. The number of hydrogen-bond donors (Lipinski definition) is 0. The molecule has 4 aromatic rings. The number of halogens is 1. The SMILES string of the molecule is CCOc1ccc([C@@H]2C(C(=O)OC(C)C)=C(C)N=c3s/c(=C/c4ccc(OCc5ccccc5C#N)c(Br)c4)c(=O)n32)cc1. The summed E-state index contributed by atoms with van der Waals surface area (Å²) < 4.78 is 19.9. The summed E-state index contributed by atoms with van der Waals surface area (Å²) in [6.45, 7) is 8.02. The first-order valence-electron chi connectivity index (χ1n) is 14.1. The fourth-order valence-electron chi connectivity index (χ4n) is 4.87. The van der Waals surface area contributed by atoms with Crippen LogP contribution in [-0.2, 0) is 16.1 Å². The molecule has 0 spiro atoms. The van der Waals surface area contributed by atoms with Gasteiger partial charge in [0.05, 0.1) is 50.7 Å². The predicted octanol–water partition coefficient (Wildman–Crippen LogP) is 5.80. The van der Waals surface area contributed by atoms with Gasteiger partial charge in [-0.15, -0.1) is 0 Å². The molecule has 1 aliphatic heterocycles. The van der Waals surface area contributed by atoms with E-state index < -0.39 is 12.0 Å². The maximum absolute atomic E-state index is 14.0. The molecule has 0 unspecified atom stereocenters. The molecule has 0 N–H and O–H groups in total. The molecule has 0 saturated heterocycles. The van der Waals surface area contributed by atoms with Gasteiger partial charge in [0.15, 0.2) is 4.80 Å². The number of fused-ring (bicyclic) bond motifs is 1. The maximum Gasteiger partial charge on any atom is 0.338 e. The highest BCUT2D eigenvalue weighted by atomic mass is 79.9. The van der Waals surface area contributed by atoms with Crippen molar-refractivity contribution in [2.45, 2.75) is 46.4 Å². The zero-order valence-corrected chi connectivity index (χ0v) is 27.1. The van der Waals surface area contributed by atoms with E-state index >= 15 is 0 Å². The maximum atomic E-state index is 14.0. The number of thiazole rings is 1. The minimum absolute atomic E-state index is 0.243. The summed E-state index contributed by atoms with van der Waals surface area (Å²) in [5.74, 6) is 0.796. The van der Waals surface area contributed by atoms with Crippen molar-refractivity contribution in [2.75, 3.05) is 6.61 Å². The van der Waals surface area contributed by atoms with Crippen LogP contribution >= 0.6 is 27.3 Å². The van der Waals surface area contributed by atoms with Gasteiger partial charge in [-0.2, -0.15) is 5.26 Å². The van der Waals surface area contributed by atoms with E-state index in [-0.39, 0.29) is 18.3 Å². The van der Waals surface area contributed by atoms with Crippen molar-refractivity contribution in [3.63, 3.8) is 0 Å². The number of ether oxygens (including phenoxy) is 3. The Hall–Kier alpha value is -4.46. The Labute approximate surface area is 267 Å². The number of carbonyl (C=O) groups is 1. The van der Waals surface area contributed by atoms with E-state index in [1.165, 1.54) is 11.3 Å². The number of rotatable bonds is 9. The molecular formula is C34H30BrN3O5S. The van der Waals surface area contributed by atoms with E-state index in [9.17, 15) is 14.9 Å². The summed E-state index contributed by atoms with van der Waals surface area (Å²) in [5.41, 5.74) is 3.44. The van der Waals surface area contributed by atoms with Crippen LogP contribution in [0.2, 0.25) is 0 Å². The molecule has 1 aliphatic rings. The summed E-state index contributed by atoms with van der Waals surface area (Å²) >= 11 is 4.84. The molecule has 0 saturated carbocycles. The third-order valence-corrected chi connectivity index (χ3v) is 8.47. The molecule has 8 nitrogen and oxygen atoms in total. The summed E-state index contributed by atoms with van der Waals surface area (Å²) in [6.07, 6.45) is 1.46. The molecule has 5 rings (SSSR count). The average Bonchev–Trinajstić information content (AvgIpc) is 3.30. The quantitative estimate of drug-likeness (QED) is 0.209. The number of esters is 1. The van der Waals surface area contributed by atoms with E-state index in [0.717, 1.165) is 16.7 Å². The first-order valence-corrected chi connectivity index (χ1v) is 15.7. The van der Waals surface area contributed by atoms with E-state index in [0.29, 0.717) is 48.7 Å². The molecule has 1 aromatic heterocycles. The normalized spacial score (nSPS) is 14.6. The Morgan fingerprint density at radius 2 is 1.89 bits per heavy atom. The van der Waals surface area contributed by atoms with E-state index in [4.69, 9.17) is 14.2 Å². The molecule has 10 heteroatoms. The first kappa shape index (κ1) is 31.0. The second-order valence-corrected chi connectivity index (χ2v) is 12.1. The molecule has 224 valence electrons. The van der Waals surface area contributed by atoms with Gasteiger partial charge in [-0.1, -0.05) is 47.7 Å². The lowest BCUT2D eigenvalue weighted by molar-refractivity contribution is -0.143. The average molecular weight is 673 g/mol. The number of aromatic nitrogens is 1. The monoisotopic (exact) mass is 671 g/mol. The molecule has 0 bridgehead atoms. The van der Waals surface area contributed by atoms with Gasteiger partial charge in [0.25, 0.3) is 5.56 Å². The summed E-state index contributed by atoms with van der Waals surface area (Å²) in [7, 11) is 0. The molecule has 0 fully saturated rings. The summed E-state index contributed by atoms with van der Waals surface area (Å²) in [5, 5.41) is 9.35. The van der Waals surface area contributed by atoms with Gasteiger partial charge in [-0.25, -0.2) is 9.79 Å². The molecule has 1 atom stereocenters. The lowest BCUT2D eigenvalue weighted by Gasteiger charge is -2.25. The number of allylic oxidation sites excluding steroid dienone is 1. The highest BCUT2D eigenvalue weighted by Crippen LogP contribution is 2.32. The van der Waals surface area contributed by atoms with Gasteiger partial charge >= 0.3 is 5.97 Å². The highest BCUT2D eigenvalue weighted by Gasteiger charge is 2.33. The first-order chi connectivity index (χ1) is 21.2. The van der Waals surface area contributed by atoms with Crippen LogP contribution in [0.4, 0.5) is 0 Å². The third kappa shape index (κ3) is 6.54. The Kier molecular flexibility index (Phi) is 9.47. The van der Waals surface area contributed by atoms with Crippen molar-refractivity contribution >= 4 is 39.3 Å². The lowest BCUT2D eigenvalue weighted by atomic mass is 9.96. The van der Waals surface area contributed by atoms with Gasteiger partial charge in [-0.05, 0) is 91.2 Å². The van der Waals surface area contributed by atoms with E-state index in [1.54, 1.807) is 37.5 Å². The van der Waals surface area contributed by atoms with Gasteiger partial charge in [0.2, 0.25) is 0 Å². The molecule has 2 heterocycles. The van der Waals surface area contributed by atoms with Crippen LogP contribution in [0.5, 0.6) is 11.5 Å². The van der Waals surface area contributed by atoms with Crippen LogP contribution in [-0.4, -0.2) is 23.2 Å². The smallest absolute Gasteiger partial charge is 0.338 e. The highest BCUT2D eigenvalue weighted by molar-refractivity contribution is 9.10. The minimum atomic E-state index is -0.714. The third-order valence-electron chi connectivity index (χ3n) is 6.87. The van der Waals surface area contributed by atoms with Crippen LogP contribution in [0.25, 0.3) is 6.08 Å². The van der Waals surface area contributed by atoms with Crippen molar-refractivity contribution in [2.24, 2.45) is 4.99 Å². The summed E-state index contributed by atoms with van der Waals surface area (Å²) in [4.78, 5) is 32.4. The van der Waals surface area contributed by atoms with E-state index in [1.807, 2.05) is 67.6 Å². The van der Waals surface area contributed by atoms with Crippen LogP contribution < -0.4 is 24.4 Å². The Morgan fingerprint density at radius 1 is 1.14 bits per heavy atom. The van der Waals surface area contributed by atoms with Crippen molar-refractivity contribution in [1.29, 1.82) is 5.26 Å². The van der Waals surface area contributed by atoms with Gasteiger partial charge < -0.3 is 14.2 Å². The molecule has 0 amide bonds. The Balaban J connectivity index is 1.52. The molecule has 0 aliphatic carbocycles. The second-order valence-electron chi connectivity index (χ2n) is 10.3. The number of nitrogens with zero attached hydrogens (tertiary/aromatic N) is 3. The van der Waals surface area contributed by atoms with Gasteiger partial charge in [-0.3, -0.25) is 9.36 Å². The molecular weight excluding hydrogens is 642 g/mol. The van der Waals surface area contributed by atoms with Crippen LogP contribution in [0.15, 0.2) is 92.3 Å². The van der Waals surface area contributed by atoms with Crippen molar-refractivity contribution in [3.8, 4) is 17.6 Å². The van der Waals surface area contributed by atoms with E-state index in [2.05, 4.69) is 27.0 Å². The topological polar surface area (TPSA) is 103 Å². The van der Waals surface area contributed by atoms with Gasteiger partial charge in [0, 0.05) is 5.56 Å². The Bertz CT molecular complexity index is 1970. The summed E-state index contributed by atoms with van der Waals surface area (Å²) in [6, 6.07) is 21.7. The molecule has 0 radical (unpaired) electrons. The number of hydrogen-bond acceptors (Lipinski definition) is 8. The number of nitriles is 1.